The first-order chi connectivity index (χ1) is 6.36. The summed E-state index contributed by atoms with van der Waals surface area (Å²) in [6, 6.07) is -0.227. The molecule has 78 valence electrons. The molecular weight excluding hydrogens is 175 g/mol. The fraction of sp³-hybridized carbons (Fsp3) is 0.818. The smallest absolute Gasteiger partial charge is 0.109 e. The van der Waals surface area contributed by atoms with E-state index in [-0.39, 0.29) is 24.1 Å². The van der Waals surface area contributed by atoms with E-state index < -0.39 is 0 Å². The van der Waals surface area contributed by atoms with E-state index in [1.54, 1.807) is 0 Å². The minimum atomic E-state index is -0.227. The quantitative estimate of drug-likeness (QED) is 0.507. The lowest BCUT2D eigenvalue weighted by molar-refractivity contribution is -0.0268. The van der Waals surface area contributed by atoms with Gasteiger partial charge in [-0.1, -0.05) is 26.3 Å². The second-order valence-electron chi connectivity index (χ2n) is 5.09. The van der Waals surface area contributed by atoms with E-state index in [0.29, 0.717) is 0 Å². The topological polar surface area (TPSA) is 29.5 Å². The second-order valence-corrected chi connectivity index (χ2v) is 5.09. The molecule has 0 saturated heterocycles. The van der Waals surface area contributed by atoms with Crippen molar-refractivity contribution in [1.29, 1.82) is 0 Å². The highest BCUT2D eigenvalue weighted by Crippen LogP contribution is 2.34. The zero-order valence-electron chi connectivity index (χ0n) is 9.50. The van der Waals surface area contributed by atoms with Crippen LogP contribution in [0.25, 0.3) is 0 Å². The van der Waals surface area contributed by atoms with Crippen molar-refractivity contribution >= 4 is 7.85 Å². The first-order valence-corrected chi connectivity index (χ1v) is 5.06. The van der Waals surface area contributed by atoms with Gasteiger partial charge in [-0.05, 0) is 24.3 Å². The van der Waals surface area contributed by atoms with Gasteiger partial charge in [0, 0.05) is 6.00 Å². The molecule has 1 unspecified atom stereocenters. The Morgan fingerprint density at radius 1 is 1.50 bits per heavy atom. The lowest BCUT2D eigenvalue weighted by Gasteiger charge is -2.39. The molecule has 0 bridgehead atoms. The summed E-state index contributed by atoms with van der Waals surface area (Å²) in [7, 11) is 5.79. The van der Waals surface area contributed by atoms with Crippen molar-refractivity contribution in [3.05, 3.63) is 11.1 Å². The molecule has 2 radical (unpaired) electrons. The third kappa shape index (κ3) is 2.40. The molecule has 0 aliphatic carbocycles. The standard InChI is InChI=1S/C11H19BO2/c1-7-5-9(12)14-10(8(7)6-13)11(2,3)4/h9-10,13H,5-6H2,1-4H3/t9-,10?/m1/s1. The zero-order chi connectivity index (χ0) is 10.9. The number of aliphatic hydroxyl groups excluding tert-OH is 1. The van der Waals surface area contributed by atoms with Crippen molar-refractivity contribution in [2.24, 2.45) is 5.41 Å². The summed E-state index contributed by atoms with van der Waals surface area (Å²) in [6.45, 7) is 8.38. The predicted octanol–water partition coefficient (Wildman–Crippen LogP) is 1.62. The Morgan fingerprint density at radius 3 is 2.50 bits per heavy atom. The molecule has 1 N–H and O–H groups in total. The third-order valence-corrected chi connectivity index (χ3v) is 2.64. The first kappa shape index (κ1) is 11.8. The van der Waals surface area contributed by atoms with Gasteiger partial charge in [0.1, 0.15) is 7.85 Å². The van der Waals surface area contributed by atoms with Crippen LogP contribution in [0.15, 0.2) is 11.1 Å². The average molecular weight is 194 g/mol. The summed E-state index contributed by atoms with van der Waals surface area (Å²) in [4.78, 5) is 0. The third-order valence-electron chi connectivity index (χ3n) is 2.64. The normalized spacial score (nSPS) is 29.5. The van der Waals surface area contributed by atoms with Crippen molar-refractivity contribution < 1.29 is 9.84 Å². The van der Waals surface area contributed by atoms with Crippen molar-refractivity contribution in [2.45, 2.75) is 46.2 Å². The van der Waals surface area contributed by atoms with E-state index in [1.807, 2.05) is 6.92 Å². The van der Waals surface area contributed by atoms with Crippen LogP contribution in [0.4, 0.5) is 0 Å². The number of hydrogen-bond acceptors (Lipinski definition) is 2. The molecule has 0 spiro atoms. The molecule has 0 fully saturated rings. The maximum absolute atomic E-state index is 9.30. The van der Waals surface area contributed by atoms with Gasteiger partial charge >= 0.3 is 0 Å². The second kappa shape index (κ2) is 4.07. The Bertz CT molecular complexity index is 240. The van der Waals surface area contributed by atoms with Crippen molar-refractivity contribution in [3.63, 3.8) is 0 Å². The van der Waals surface area contributed by atoms with Gasteiger partial charge in [-0.2, -0.15) is 0 Å². The van der Waals surface area contributed by atoms with Crippen LogP contribution < -0.4 is 0 Å². The minimum Gasteiger partial charge on any atom is -0.392 e. The maximum atomic E-state index is 9.30. The highest BCUT2D eigenvalue weighted by molar-refractivity contribution is 6.11. The van der Waals surface area contributed by atoms with Crippen LogP contribution in [-0.4, -0.2) is 31.7 Å². The van der Waals surface area contributed by atoms with Gasteiger partial charge < -0.3 is 9.84 Å². The highest BCUT2D eigenvalue weighted by Gasteiger charge is 2.33. The molecule has 0 aromatic rings. The summed E-state index contributed by atoms with van der Waals surface area (Å²) in [6.07, 6.45) is 0.666. The molecule has 1 heterocycles. The van der Waals surface area contributed by atoms with Gasteiger partial charge in [-0.15, -0.1) is 0 Å². The Balaban J connectivity index is 2.98. The fourth-order valence-corrected chi connectivity index (χ4v) is 1.91. The summed E-state index contributed by atoms with van der Waals surface area (Å²) in [5, 5.41) is 9.30. The van der Waals surface area contributed by atoms with Crippen LogP contribution in [0.1, 0.15) is 34.1 Å². The summed E-state index contributed by atoms with van der Waals surface area (Å²) < 4.78 is 5.68. The molecule has 1 aliphatic heterocycles. The van der Waals surface area contributed by atoms with Gasteiger partial charge in [0.2, 0.25) is 0 Å². The highest BCUT2D eigenvalue weighted by atomic mass is 16.5. The first-order valence-electron chi connectivity index (χ1n) is 5.06. The van der Waals surface area contributed by atoms with Crippen LogP contribution in [0, 0.1) is 5.41 Å². The van der Waals surface area contributed by atoms with E-state index in [4.69, 9.17) is 12.6 Å². The van der Waals surface area contributed by atoms with Crippen molar-refractivity contribution in [2.75, 3.05) is 6.61 Å². The minimum absolute atomic E-state index is 0.0165. The number of ether oxygens (including phenoxy) is 1. The van der Waals surface area contributed by atoms with Gasteiger partial charge in [0.25, 0.3) is 0 Å². The molecule has 0 amide bonds. The molecule has 1 rings (SSSR count). The number of rotatable bonds is 1. The van der Waals surface area contributed by atoms with E-state index in [2.05, 4.69) is 20.8 Å². The van der Waals surface area contributed by atoms with Crippen LogP contribution in [0.5, 0.6) is 0 Å². The Hall–Kier alpha value is -0.275. The fourth-order valence-electron chi connectivity index (χ4n) is 1.91. The van der Waals surface area contributed by atoms with Crippen LogP contribution in [0.2, 0.25) is 0 Å². The van der Waals surface area contributed by atoms with Gasteiger partial charge in [0.15, 0.2) is 0 Å². The summed E-state index contributed by atoms with van der Waals surface area (Å²) >= 11 is 0. The monoisotopic (exact) mass is 194 g/mol. The molecule has 2 atom stereocenters. The van der Waals surface area contributed by atoms with Gasteiger partial charge in [0.05, 0.1) is 12.7 Å². The van der Waals surface area contributed by atoms with E-state index in [9.17, 15) is 5.11 Å². The van der Waals surface area contributed by atoms with Crippen molar-refractivity contribution in [3.8, 4) is 0 Å². The lowest BCUT2D eigenvalue weighted by atomic mass is 9.78. The van der Waals surface area contributed by atoms with Crippen molar-refractivity contribution in [1.82, 2.24) is 0 Å². The Morgan fingerprint density at radius 2 is 2.07 bits per heavy atom. The van der Waals surface area contributed by atoms with Crippen LogP contribution >= 0.6 is 0 Å². The summed E-state index contributed by atoms with van der Waals surface area (Å²) in [5.41, 5.74) is 2.16. The Labute approximate surface area is 87.8 Å². The number of hydrogen-bond donors (Lipinski definition) is 1. The molecule has 1 aliphatic rings. The Kier molecular flexibility index (Phi) is 3.43. The molecule has 0 saturated carbocycles. The molecule has 3 heteroatoms. The lowest BCUT2D eigenvalue weighted by Crippen LogP contribution is -2.40. The zero-order valence-corrected chi connectivity index (χ0v) is 9.50. The van der Waals surface area contributed by atoms with E-state index >= 15 is 0 Å². The van der Waals surface area contributed by atoms with Gasteiger partial charge in [-0.3, -0.25) is 0 Å². The number of aliphatic hydroxyl groups is 1. The molecule has 0 aromatic carbocycles. The summed E-state index contributed by atoms with van der Waals surface area (Å²) in [5.74, 6) is 0. The maximum Gasteiger partial charge on any atom is 0.109 e. The van der Waals surface area contributed by atoms with Crippen LogP contribution in [-0.2, 0) is 4.74 Å². The van der Waals surface area contributed by atoms with Crippen LogP contribution in [0.3, 0.4) is 0 Å². The molecule has 0 aromatic heterocycles. The van der Waals surface area contributed by atoms with Gasteiger partial charge in [-0.25, -0.2) is 0 Å². The molecule has 2 nitrogen and oxygen atoms in total. The molecule has 14 heavy (non-hydrogen) atoms. The SMILES string of the molecule is [B][C@H]1CC(C)=C(CO)C(C(C)(C)C)O1. The largest absolute Gasteiger partial charge is 0.392 e. The predicted molar refractivity (Wildman–Crippen MR) is 58.3 cm³/mol. The molecular formula is C11H19BO2. The van der Waals surface area contributed by atoms with E-state index in [0.717, 1.165) is 12.0 Å². The van der Waals surface area contributed by atoms with E-state index in [1.165, 1.54) is 5.57 Å². The average Bonchev–Trinajstić information content (AvgIpc) is 2.01.